The normalized spacial score (nSPS) is 12.9. The van der Waals surface area contributed by atoms with E-state index in [9.17, 15) is 9.90 Å². The third kappa shape index (κ3) is 6.31. The molecule has 0 fully saturated rings. The van der Waals surface area contributed by atoms with Gasteiger partial charge in [0.15, 0.2) is 5.76 Å². The Balaban J connectivity index is 2.46. The molecular weight excluding hydrogens is 268 g/mol. The summed E-state index contributed by atoms with van der Waals surface area (Å²) >= 11 is 0. The molecular formula is C16H28N2O3. The first-order chi connectivity index (χ1) is 9.96. The van der Waals surface area contributed by atoms with Crippen molar-refractivity contribution in [1.29, 1.82) is 0 Å². The maximum Gasteiger partial charge on any atom is 0.287 e. The van der Waals surface area contributed by atoms with Gasteiger partial charge in [0.1, 0.15) is 5.76 Å². The lowest BCUT2D eigenvalue weighted by molar-refractivity contribution is 0.0870. The van der Waals surface area contributed by atoms with E-state index in [2.05, 4.69) is 24.1 Å². The number of aliphatic hydroxyl groups excluding tert-OH is 1. The van der Waals surface area contributed by atoms with Gasteiger partial charge >= 0.3 is 0 Å². The summed E-state index contributed by atoms with van der Waals surface area (Å²) in [5, 5.41) is 12.5. The molecule has 0 radical (unpaired) electrons. The van der Waals surface area contributed by atoms with Crippen molar-refractivity contribution in [3.05, 3.63) is 23.7 Å². The SMILES string of the molecule is CCN(CC)Cc1ccc(C(=O)NCC(O)CC(C)C)o1. The predicted octanol–water partition coefficient (Wildman–Crippen LogP) is 2.26. The van der Waals surface area contributed by atoms with E-state index in [1.165, 1.54) is 0 Å². The van der Waals surface area contributed by atoms with Crippen molar-refractivity contribution in [1.82, 2.24) is 10.2 Å². The van der Waals surface area contributed by atoms with Crippen molar-refractivity contribution in [3.8, 4) is 0 Å². The van der Waals surface area contributed by atoms with Crippen molar-refractivity contribution in [2.75, 3.05) is 19.6 Å². The topological polar surface area (TPSA) is 65.7 Å². The molecule has 1 amide bonds. The number of carbonyl (C=O) groups is 1. The first-order valence-electron chi connectivity index (χ1n) is 7.73. The number of rotatable bonds is 9. The van der Waals surface area contributed by atoms with Crippen LogP contribution in [-0.4, -0.2) is 41.7 Å². The smallest absolute Gasteiger partial charge is 0.287 e. The van der Waals surface area contributed by atoms with Gasteiger partial charge in [-0.05, 0) is 37.6 Å². The molecule has 2 N–H and O–H groups in total. The molecule has 21 heavy (non-hydrogen) atoms. The minimum absolute atomic E-state index is 0.253. The van der Waals surface area contributed by atoms with Gasteiger partial charge in [-0.3, -0.25) is 9.69 Å². The van der Waals surface area contributed by atoms with Crippen LogP contribution in [-0.2, 0) is 6.54 Å². The first kappa shape index (κ1) is 17.7. The van der Waals surface area contributed by atoms with Gasteiger partial charge < -0.3 is 14.8 Å². The molecule has 1 aromatic heterocycles. The van der Waals surface area contributed by atoms with Crippen LogP contribution in [0, 0.1) is 5.92 Å². The summed E-state index contributed by atoms with van der Waals surface area (Å²) in [6.45, 7) is 11.1. The Morgan fingerprint density at radius 3 is 2.57 bits per heavy atom. The van der Waals surface area contributed by atoms with Crippen molar-refractivity contribution in [2.45, 2.75) is 46.8 Å². The van der Waals surface area contributed by atoms with E-state index >= 15 is 0 Å². The van der Waals surface area contributed by atoms with Gasteiger partial charge in [-0.2, -0.15) is 0 Å². The summed E-state index contributed by atoms with van der Waals surface area (Å²) < 4.78 is 5.56. The van der Waals surface area contributed by atoms with E-state index in [0.29, 0.717) is 24.6 Å². The van der Waals surface area contributed by atoms with E-state index in [1.54, 1.807) is 6.07 Å². The van der Waals surface area contributed by atoms with Crippen LogP contribution < -0.4 is 5.32 Å². The quantitative estimate of drug-likeness (QED) is 0.733. The van der Waals surface area contributed by atoms with Crippen LogP contribution in [0.25, 0.3) is 0 Å². The Morgan fingerprint density at radius 1 is 1.33 bits per heavy atom. The first-order valence-corrected chi connectivity index (χ1v) is 7.73. The largest absolute Gasteiger partial charge is 0.455 e. The Morgan fingerprint density at radius 2 is 2.00 bits per heavy atom. The second-order valence-corrected chi connectivity index (χ2v) is 5.72. The van der Waals surface area contributed by atoms with Gasteiger partial charge in [0.05, 0.1) is 12.6 Å². The second kappa shape index (κ2) is 8.85. The lowest BCUT2D eigenvalue weighted by Crippen LogP contribution is -2.32. The zero-order valence-electron chi connectivity index (χ0n) is 13.6. The molecule has 0 spiro atoms. The molecule has 1 rings (SSSR count). The molecule has 1 unspecified atom stereocenters. The second-order valence-electron chi connectivity index (χ2n) is 5.72. The maximum atomic E-state index is 11.9. The Hall–Kier alpha value is -1.33. The van der Waals surface area contributed by atoms with Crippen molar-refractivity contribution < 1.29 is 14.3 Å². The Kier molecular flexibility index (Phi) is 7.47. The van der Waals surface area contributed by atoms with Crippen LogP contribution in [0.15, 0.2) is 16.5 Å². The summed E-state index contributed by atoms with van der Waals surface area (Å²) in [5.41, 5.74) is 0. The number of aliphatic hydroxyl groups is 1. The highest BCUT2D eigenvalue weighted by molar-refractivity contribution is 5.91. The minimum Gasteiger partial charge on any atom is -0.455 e. The summed E-state index contributed by atoms with van der Waals surface area (Å²) in [6.07, 6.45) is 0.158. The standard InChI is InChI=1S/C16H28N2O3/c1-5-18(6-2)11-14-7-8-15(21-14)16(20)17-10-13(19)9-12(3)4/h7-8,12-13,19H,5-6,9-11H2,1-4H3,(H,17,20). The van der Waals surface area contributed by atoms with Crippen LogP contribution in [0.4, 0.5) is 0 Å². The fourth-order valence-corrected chi connectivity index (χ4v) is 2.18. The molecule has 1 aromatic rings. The number of furan rings is 1. The molecule has 0 aliphatic carbocycles. The third-order valence-electron chi connectivity index (χ3n) is 3.40. The average Bonchev–Trinajstić information content (AvgIpc) is 2.90. The molecule has 1 atom stereocenters. The number of amides is 1. The number of carbonyl (C=O) groups excluding carboxylic acids is 1. The van der Waals surface area contributed by atoms with Crippen LogP contribution in [0.1, 0.15) is 50.4 Å². The molecule has 0 aliphatic heterocycles. The van der Waals surface area contributed by atoms with E-state index < -0.39 is 6.10 Å². The lowest BCUT2D eigenvalue weighted by atomic mass is 10.1. The Bertz CT molecular complexity index is 425. The van der Waals surface area contributed by atoms with Gasteiger partial charge in [-0.15, -0.1) is 0 Å². The van der Waals surface area contributed by atoms with Crippen molar-refractivity contribution in [3.63, 3.8) is 0 Å². The predicted molar refractivity (Wildman–Crippen MR) is 83.1 cm³/mol. The molecule has 0 aliphatic rings. The molecule has 120 valence electrons. The fraction of sp³-hybridized carbons (Fsp3) is 0.688. The summed E-state index contributed by atoms with van der Waals surface area (Å²) in [5.74, 6) is 1.21. The summed E-state index contributed by atoms with van der Waals surface area (Å²) in [7, 11) is 0. The van der Waals surface area contributed by atoms with Gasteiger partial charge in [-0.1, -0.05) is 27.7 Å². The Labute approximate surface area is 127 Å². The molecule has 0 aromatic carbocycles. The maximum absolute atomic E-state index is 11.9. The minimum atomic E-state index is -0.515. The van der Waals surface area contributed by atoms with Crippen LogP contribution in [0.3, 0.4) is 0 Å². The third-order valence-corrected chi connectivity index (χ3v) is 3.40. The van der Waals surface area contributed by atoms with Gasteiger partial charge in [0.25, 0.3) is 5.91 Å². The van der Waals surface area contributed by atoms with Crippen LogP contribution in [0.5, 0.6) is 0 Å². The monoisotopic (exact) mass is 296 g/mol. The highest BCUT2D eigenvalue weighted by Gasteiger charge is 2.14. The summed E-state index contributed by atoms with van der Waals surface area (Å²) in [6, 6.07) is 3.51. The highest BCUT2D eigenvalue weighted by Crippen LogP contribution is 2.11. The number of hydrogen-bond acceptors (Lipinski definition) is 4. The van der Waals surface area contributed by atoms with Crippen molar-refractivity contribution >= 4 is 5.91 Å². The van der Waals surface area contributed by atoms with Gasteiger partial charge in [0, 0.05) is 6.54 Å². The van der Waals surface area contributed by atoms with E-state index in [1.807, 2.05) is 19.9 Å². The van der Waals surface area contributed by atoms with Crippen molar-refractivity contribution in [2.24, 2.45) is 5.92 Å². The average molecular weight is 296 g/mol. The van der Waals surface area contributed by atoms with E-state index in [0.717, 1.165) is 18.8 Å². The molecule has 0 saturated carbocycles. The van der Waals surface area contributed by atoms with E-state index in [-0.39, 0.29) is 12.5 Å². The molecule has 5 heteroatoms. The highest BCUT2D eigenvalue weighted by atomic mass is 16.4. The number of nitrogens with zero attached hydrogens (tertiary/aromatic N) is 1. The molecule has 0 bridgehead atoms. The molecule has 1 heterocycles. The number of nitrogens with one attached hydrogen (secondary N) is 1. The molecule has 0 saturated heterocycles. The molecule has 5 nitrogen and oxygen atoms in total. The van der Waals surface area contributed by atoms with Crippen LogP contribution in [0.2, 0.25) is 0 Å². The zero-order chi connectivity index (χ0) is 15.8. The fourth-order valence-electron chi connectivity index (χ4n) is 2.18. The summed E-state index contributed by atoms with van der Waals surface area (Å²) in [4.78, 5) is 14.2. The van der Waals surface area contributed by atoms with E-state index in [4.69, 9.17) is 4.42 Å². The lowest BCUT2D eigenvalue weighted by Gasteiger charge is -2.15. The van der Waals surface area contributed by atoms with Crippen LogP contribution >= 0.6 is 0 Å². The number of hydrogen-bond donors (Lipinski definition) is 2. The van der Waals surface area contributed by atoms with Gasteiger partial charge in [-0.25, -0.2) is 0 Å². The zero-order valence-corrected chi connectivity index (χ0v) is 13.6. The van der Waals surface area contributed by atoms with Gasteiger partial charge in [0.2, 0.25) is 0 Å².